The molecule has 0 aliphatic carbocycles. The Bertz CT molecular complexity index is 1000. The van der Waals surface area contributed by atoms with Crippen molar-refractivity contribution >= 4 is 0 Å². The molecule has 12 atom stereocenters. The van der Waals surface area contributed by atoms with Crippen molar-refractivity contribution in [2.45, 2.75) is 152 Å². The van der Waals surface area contributed by atoms with Crippen molar-refractivity contribution < 1.29 is 48.1 Å². The number of allylic oxidation sites excluding steroid dienone is 1. The van der Waals surface area contributed by atoms with E-state index in [2.05, 4.69) is 13.5 Å². The van der Waals surface area contributed by atoms with Crippen LogP contribution in [-0.4, -0.2) is 90.1 Å². The Morgan fingerprint density at radius 2 is 1.70 bits per heavy atom. The molecule has 4 heterocycles. The highest BCUT2D eigenvalue weighted by Gasteiger charge is 2.58. The van der Waals surface area contributed by atoms with E-state index in [4.69, 9.17) is 37.9 Å². The predicted octanol–water partition coefficient (Wildman–Crippen LogP) is 4.52. The molecule has 0 spiro atoms. The van der Waals surface area contributed by atoms with E-state index in [0.29, 0.717) is 0 Å². The fourth-order valence-corrected chi connectivity index (χ4v) is 6.41. The highest BCUT2D eigenvalue weighted by Crippen LogP contribution is 2.41. The number of hydrogen-bond acceptors (Lipinski definition) is 10. The van der Waals surface area contributed by atoms with Gasteiger partial charge in [-0.05, 0) is 46.5 Å². The molecule has 0 aromatic heterocycles. The topological polar surface area (TPSA) is 114 Å². The van der Waals surface area contributed by atoms with Crippen LogP contribution in [0.15, 0.2) is 43.0 Å². The maximum atomic E-state index is 11.2. The molecule has 1 aromatic rings. The fourth-order valence-electron chi connectivity index (χ4n) is 6.41. The van der Waals surface area contributed by atoms with Crippen molar-refractivity contribution in [1.82, 2.24) is 0 Å². The lowest BCUT2D eigenvalue weighted by Crippen LogP contribution is -2.65. The second kappa shape index (κ2) is 14.8. The second-order valence-corrected chi connectivity index (χ2v) is 12.5. The van der Waals surface area contributed by atoms with Gasteiger partial charge in [0, 0.05) is 5.56 Å². The van der Waals surface area contributed by atoms with Crippen LogP contribution in [-0.2, 0) is 37.9 Å². The number of fused-ring (bicyclic) bond motifs is 2. The number of aliphatic hydroxyl groups excluding tert-OH is 2. The first-order valence-electron chi connectivity index (χ1n) is 16.0. The molecule has 4 fully saturated rings. The van der Waals surface area contributed by atoms with Crippen LogP contribution in [0.2, 0.25) is 0 Å². The Hall–Kier alpha value is -1.44. The zero-order chi connectivity index (χ0) is 30.6. The van der Waals surface area contributed by atoms with Gasteiger partial charge >= 0.3 is 0 Å². The van der Waals surface area contributed by atoms with Crippen LogP contribution >= 0.6 is 0 Å². The fraction of sp³-hybridized carbons (Fsp3) is 0.758. The maximum absolute atomic E-state index is 11.2. The number of ether oxygens (including phenoxy) is 8. The lowest BCUT2D eigenvalue weighted by molar-refractivity contribution is -0.388. The standard InChI is InChI=1S/C33H50O10/c1-6-8-11-17-22(18-12-9-7-2)38-32-29(28-26(20(3)37-32)42-33(4,5)43-28)41-31-25(35)24(34)27-23(39-31)19-36-30(40-27)21-15-13-10-14-16-21/h6,10,13-16,20,22-32,34-35H,1,7-9,11-12,17-19H2,2-5H3/t20-,22-,23-,24-,25-,26+,27-,28+,29-,30-,31+,32+/m1/s1. The lowest BCUT2D eigenvalue weighted by Gasteiger charge is -2.48. The third kappa shape index (κ3) is 7.87. The first kappa shape index (κ1) is 32.9. The van der Waals surface area contributed by atoms with Gasteiger partial charge in [-0.1, -0.05) is 62.6 Å². The Kier molecular flexibility index (Phi) is 11.3. The first-order chi connectivity index (χ1) is 20.7. The summed E-state index contributed by atoms with van der Waals surface area (Å²) < 4.78 is 50.3. The number of aliphatic hydroxyl groups is 2. The van der Waals surface area contributed by atoms with Gasteiger partial charge in [0.25, 0.3) is 0 Å². The van der Waals surface area contributed by atoms with E-state index in [1.165, 1.54) is 0 Å². The van der Waals surface area contributed by atoms with Crippen molar-refractivity contribution in [2.75, 3.05) is 6.61 Å². The number of benzene rings is 1. The molecular weight excluding hydrogens is 556 g/mol. The molecule has 0 amide bonds. The molecule has 0 bridgehead atoms. The largest absolute Gasteiger partial charge is 0.387 e. The van der Waals surface area contributed by atoms with Crippen LogP contribution in [0.25, 0.3) is 0 Å². The average Bonchev–Trinajstić information content (AvgIpc) is 3.33. The van der Waals surface area contributed by atoms with Crippen LogP contribution in [0.4, 0.5) is 0 Å². The Morgan fingerprint density at radius 1 is 0.953 bits per heavy atom. The van der Waals surface area contributed by atoms with Gasteiger partial charge in [0.1, 0.15) is 42.7 Å². The zero-order valence-electron chi connectivity index (χ0n) is 25.9. The summed E-state index contributed by atoms with van der Waals surface area (Å²) in [4.78, 5) is 0. The van der Waals surface area contributed by atoms with Crippen LogP contribution in [0.1, 0.15) is 84.5 Å². The first-order valence-corrected chi connectivity index (χ1v) is 16.0. The summed E-state index contributed by atoms with van der Waals surface area (Å²) in [6, 6.07) is 9.47. The van der Waals surface area contributed by atoms with Crippen molar-refractivity contribution in [3.8, 4) is 0 Å². The smallest absolute Gasteiger partial charge is 0.187 e. The van der Waals surface area contributed by atoms with Crippen molar-refractivity contribution in [3.63, 3.8) is 0 Å². The van der Waals surface area contributed by atoms with Crippen LogP contribution < -0.4 is 0 Å². The van der Waals surface area contributed by atoms with Gasteiger partial charge in [0.15, 0.2) is 24.7 Å². The van der Waals surface area contributed by atoms with Gasteiger partial charge in [0.2, 0.25) is 0 Å². The van der Waals surface area contributed by atoms with Crippen molar-refractivity contribution in [1.29, 1.82) is 0 Å². The predicted molar refractivity (Wildman–Crippen MR) is 157 cm³/mol. The highest BCUT2D eigenvalue weighted by atomic mass is 16.8. The normalized spacial score (nSPS) is 39.5. The van der Waals surface area contributed by atoms with E-state index in [9.17, 15) is 10.2 Å². The third-order valence-electron chi connectivity index (χ3n) is 8.65. The molecule has 4 aliphatic rings. The van der Waals surface area contributed by atoms with Gasteiger partial charge in [-0.15, -0.1) is 6.58 Å². The molecule has 0 saturated carbocycles. The molecule has 10 nitrogen and oxygen atoms in total. The summed E-state index contributed by atoms with van der Waals surface area (Å²) in [5.41, 5.74) is 0.822. The molecule has 4 aliphatic heterocycles. The van der Waals surface area contributed by atoms with Crippen LogP contribution in [0, 0.1) is 0 Å². The summed E-state index contributed by atoms with van der Waals surface area (Å²) in [5.74, 6) is -0.859. The van der Waals surface area contributed by atoms with E-state index in [-0.39, 0.29) is 18.8 Å². The summed E-state index contributed by atoms with van der Waals surface area (Å²) in [7, 11) is 0. The molecule has 43 heavy (non-hydrogen) atoms. The second-order valence-electron chi connectivity index (χ2n) is 12.5. The quantitative estimate of drug-likeness (QED) is 0.245. The van der Waals surface area contributed by atoms with Crippen molar-refractivity contribution in [3.05, 3.63) is 48.6 Å². The monoisotopic (exact) mass is 606 g/mol. The molecule has 5 rings (SSSR count). The summed E-state index contributed by atoms with van der Waals surface area (Å²) >= 11 is 0. The van der Waals surface area contributed by atoms with Gasteiger partial charge in [-0.2, -0.15) is 0 Å². The van der Waals surface area contributed by atoms with Gasteiger partial charge in [-0.3, -0.25) is 0 Å². The maximum Gasteiger partial charge on any atom is 0.187 e. The molecule has 2 N–H and O–H groups in total. The van der Waals surface area contributed by atoms with Gasteiger partial charge < -0.3 is 48.1 Å². The summed E-state index contributed by atoms with van der Waals surface area (Å²) in [5, 5.41) is 22.4. The number of rotatable bonds is 13. The van der Waals surface area contributed by atoms with Gasteiger partial charge in [-0.25, -0.2) is 0 Å². The van der Waals surface area contributed by atoms with E-state index in [1.54, 1.807) is 0 Å². The van der Waals surface area contributed by atoms with Crippen LogP contribution in [0.5, 0.6) is 0 Å². The van der Waals surface area contributed by atoms with Crippen molar-refractivity contribution in [2.24, 2.45) is 0 Å². The minimum atomic E-state index is -1.39. The molecule has 0 unspecified atom stereocenters. The zero-order valence-corrected chi connectivity index (χ0v) is 25.9. The number of hydrogen-bond donors (Lipinski definition) is 2. The van der Waals surface area contributed by atoms with E-state index in [0.717, 1.165) is 50.5 Å². The Morgan fingerprint density at radius 3 is 2.44 bits per heavy atom. The van der Waals surface area contributed by atoms with E-state index < -0.39 is 67.4 Å². The highest BCUT2D eigenvalue weighted by molar-refractivity contribution is 5.16. The molecular formula is C33H50O10. The van der Waals surface area contributed by atoms with E-state index in [1.807, 2.05) is 57.2 Å². The number of unbranched alkanes of at least 4 members (excludes halogenated alkanes) is 3. The Balaban J connectivity index is 1.32. The lowest BCUT2D eigenvalue weighted by atomic mass is 9.96. The molecule has 4 saturated heterocycles. The molecule has 10 heteroatoms. The van der Waals surface area contributed by atoms with E-state index >= 15 is 0 Å². The SMILES string of the molecule is C=CCCC[C@H](CCCCC)O[C@@H]1O[C@H](C)[C@@H]2OC(C)(C)O[C@@H]2[C@H]1O[C@@H]1O[C@@H]2CO[C@@H](c3ccccc3)O[C@H]2[C@H](O)[C@H]1O. The minimum Gasteiger partial charge on any atom is -0.387 e. The molecule has 1 aromatic carbocycles. The Labute approximate surface area is 255 Å². The summed E-state index contributed by atoms with van der Waals surface area (Å²) in [6.45, 7) is 11.9. The average molecular weight is 607 g/mol. The third-order valence-corrected chi connectivity index (χ3v) is 8.65. The van der Waals surface area contributed by atoms with Crippen LogP contribution in [0.3, 0.4) is 0 Å². The molecule has 242 valence electrons. The van der Waals surface area contributed by atoms with Gasteiger partial charge in [0.05, 0.1) is 18.8 Å². The minimum absolute atomic E-state index is 0.0519. The summed E-state index contributed by atoms with van der Waals surface area (Å²) in [6.07, 6.45) is -0.0641. The molecule has 0 radical (unpaired) electrons.